The summed E-state index contributed by atoms with van der Waals surface area (Å²) >= 11 is 2.77. The second-order valence-corrected chi connectivity index (χ2v) is 12.5. The number of ether oxygens (including phenoxy) is 2. The first-order valence-corrected chi connectivity index (χ1v) is 16.1. The Hall–Kier alpha value is -4.80. The van der Waals surface area contributed by atoms with Gasteiger partial charge in [0.1, 0.15) is 6.04 Å². The summed E-state index contributed by atoms with van der Waals surface area (Å²) in [6, 6.07) is 20.2. The van der Waals surface area contributed by atoms with Crippen LogP contribution in [0.25, 0.3) is 17.5 Å². The molecule has 1 atom stereocenters. The number of carbonyl (C=O) groups excluding carboxylic acids is 2. The molecule has 0 saturated carbocycles. The molecule has 0 N–H and O–H groups in total. The molecule has 0 saturated heterocycles. The molecule has 8 nitrogen and oxygen atoms in total. The highest BCUT2D eigenvalue weighted by atomic mass is 32.1. The van der Waals surface area contributed by atoms with Crippen LogP contribution in [0.4, 0.5) is 0 Å². The standard InChI is InChI=1S/C35H31N3O5S2/c1-6-43-34(41)29-30(23-12-8-7-9-13-23)36-35-38(31(29)27-16-11-17-44-27)32(39)28(45-35)19-24-18-20(2)37(22(24)4)26-15-10-14-25(21(26)3)33(40)42-5/h7-19,31H,6H2,1-5H3/b28-19+/t31-/m0/s1. The largest absolute Gasteiger partial charge is 0.465 e. The number of rotatable bonds is 7. The fraction of sp³-hybridized carbons (Fsp3) is 0.200. The SMILES string of the molecule is CCOC(=O)C1=C(c2ccccc2)N=c2s/c(=C/c3cc(C)n(-c4cccc(C(=O)OC)c4C)c3C)c(=O)n2[C@H]1c1cccs1. The van der Waals surface area contributed by atoms with Crippen molar-refractivity contribution in [2.24, 2.45) is 4.99 Å². The molecule has 0 spiro atoms. The molecule has 45 heavy (non-hydrogen) atoms. The molecule has 1 aliphatic rings. The zero-order valence-electron chi connectivity index (χ0n) is 25.5. The van der Waals surface area contributed by atoms with E-state index in [0.717, 1.165) is 38.6 Å². The van der Waals surface area contributed by atoms with Crippen molar-refractivity contribution in [2.45, 2.75) is 33.7 Å². The summed E-state index contributed by atoms with van der Waals surface area (Å²) in [5, 5.41) is 1.93. The zero-order valence-corrected chi connectivity index (χ0v) is 27.1. The monoisotopic (exact) mass is 637 g/mol. The highest BCUT2D eigenvalue weighted by Gasteiger charge is 2.35. The number of benzene rings is 2. The Kier molecular flexibility index (Phi) is 8.26. The maximum Gasteiger partial charge on any atom is 0.338 e. The van der Waals surface area contributed by atoms with Crippen molar-refractivity contribution in [3.63, 3.8) is 0 Å². The molecule has 0 amide bonds. The number of hydrogen-bond donors (Lipinski definition) is 0. The van der Waals surface area contributed by atoms with Crippen LogP contribution >= 0.6 is 22.7 Å². The van der Waals surface area contributed by atoms with Gasteiger partial charge in [0.2, 0.25) is 0 Å². The Morgan fingerprint density at radius 3 is 2.47 bits per heavy atom. The van der Waals surface area contributed by atoms with Gasteiger partial charge >= 0.3 is 11.9 Å². The van der Waals surface area contributed by atoms with E-state index in [0.29, 0.717) is 26.2 Å². The van der Waals surface area contributed by atoms with Crippen LogP contribution in [0.15, 0.2) is 87.5 Å². The molecule has 5 aromatic rings. The lowest BCUT2D eigenvalue weighted by Gasteiger charge is -2.24. The average molecular weight is 638 g/mol. The van der Waals surface area contributed by atoms with Crippen LogP contribution < -0.4 is 14.9 Å². The van der Waals surface area contributed by atoms with E-state index < -0.39 is 18.0 Å². The van der Waals surface area contributed by atoms with Crippen LogP contribution in [-0.4, -0.2) is 34.8 Å². The minimum Gasteiger partial charge on any atom is -0.465 e. The Morgan fingerprint density at radius 1 is 1.00 bits per heavy atom. The fourth-order valence-corrected chi connectivity index (χ4v) is 7.61. The number of methoxy groups -OCH3 is 1. The molecule has 228 valence electrons. The molecule has 3 aromatic heterocycles. The van der Waals surface area contributed by atoms with E-state index in [1.54, 1.807) is 17.6 Å². The van der Waals surface area contributed by atoms with E-state index in [2.05, 4.69) is 4.57 Å². The van der Waals surface area contributed by atoms with Crippen LogP contribution in [0.5, 0.6) is 0 Å². The van der Waals surface area contributed by atoms with Crippen LogP contribution in [0.2, 0.25) is 0 Å². The van der Waals surface area contributed by atoms with Gasteiger partial charge in [-0.25, -0.2) is 14.6 Å². The quantitative estimate of drug-likeness (QED) is 0.220. The Morgan fingerprint density at radius 2 is 1.78 bits per heavy atom. The average Bonchev–Trinajstić information content (AvgIpc) is 3.75. The van der Waals surface area contributed by atoms with Crippen LogP contribution in [0.1, 0.15) is 56.3 Å². The zero-order chi connectivity index (χ0) is 31.8. The summed E-state index contributed by atoms with van der Waals surface area (Å²) in [5.41, 5.74) is 6.25. The van der Waals surface area contributed by atoms with Gasteiger partial charge in [0, 0.05) is 27.5 Å². The van der Waals surface area contributed by atoms with Gasteiger partial charge in [0.15, 0.2) is 4.80 Å². The fourth-order valence-electron chi connectivity index (χ4n) is 5.80. The number of fused-ring (bicyclic) bond motifs is 1. The Labute approximate surface area is 267 Å². The minimum absolute atomic E-state index is 0.198. The van der Waals surface area contributed by atoms with Crippen molar-refractivity contribution < 1.29 is 19.1 Å². The molecule has 0 radical (unpaired) electrons. The van der Waals surface area contributed by atoms with Gasteiger partial charge < -0.3 is 14.0 Å². The highest BCUT2D eigenvalue weighted by molar-refractivity contribution is 7.10. The van der Waals surface area contributed by atoms with Crippen molar-refractivity contribution in [3.8, 4) is 5.69 Å². The molecular weight excluding hydrogens is 607 g/mol. The molecule has 0 fully saturated rings. The summed E-state index contributed by atoms with van der Waals surface area (Å²) in [6.45, 7) is 7.84. The van der Waals surface area contributed by atoms with Crippen molar-refractivity contribution in [3.05, 3.63) is 136 Å². The number of thiazole rings is 1. The highest BCUT2D eigenvalue weighted by Crippen LogP contribution is 2.37. The lowest BCUT2D eigenvalue weighted by Crippen LogP contribution is -2.39. The molecule has 4 heterocycles. The van der Waals surface area contributed by atoms with Gasteiger partial charge in [-0.3, -0.25) is 9.36 Å². The lowest BCUT2D eigenvalue weighted by atomic mass is 9.97. The topological polar surface area (TPSA) is 91.9 Å². The summed E-state index contributed by atoms with van der Waals surface area (Å²) in [4.78, 5) is 46.4. The van der Waals surface area contributed by atoms with Gasteiger partial charge in [-0.05, 0) is 74.5 Å². The van der Waals surface area contributed by atoms with E-state index in [-0.39, 0.29) is 12.2 Å². The lowest BCUT2D eigenvalue weighted by molar-refractivity contribution is -0.138. The number of aromatic nitrogens is 2. The number of esters is 2. The number of carbonyl (C=O) groups is 2. The molecule has 2 aromatic carbocycles. The van der Waals surface area contributed by atoms with Crippen LogP contribution in [0, 0.1) is 20.8 Å². The molecule has 0 bridgehead atoms. The number of aryl methyl sites for hydroxylation is 1. The second-order valence-electron chi connectivity index (χ2n) is 10.6. The summed E-state index contributed by atoms with van der Waals surface area (Å²) in [7, 11) is 1.37. The molecule has 0 unspecified atom stereocenters. The maximum atomic E-state index is 14.2. The van der Waals surface area contributed by atoms with Crippen molar-refractivity contribution in [1.29, 1.82) is 0 Å². The van der Waals surface area contributed by atoms with E-state index in [1.165, 1.54) is 29.8 Å². The van der Waals surface area contributed by atoms with Gasteiger partial charge in [-0.2, -0.15) is 0 Å². The minimum atomic E-state index is -0.686. The smallest absolute Gasteiger partial charge is 0.338 e. The van der Waals surface area contributed by atoms with Gasteiger partial charge in [-0.1, -0.05) is 53.8 Å². The van der Waals surface area contributed by atoms with E-state index >= 15 is 0 Å². The summed E-state index contributed by atoms with van der Waals surface area (Å²) < 4.78 is 14.7. The van der Waals surface area contributed by atoms with Crippen molar-refractivity contribution in [1.82, 2.24) is 9.13 Å². The van der Waals surface area contributed by atoms with Gasteiger partial charge in [0.05, 0.1) is 35.1 Å². The first kappa shape index (κ1) is 30.2. The van der Waals surface area contributed by atoms with E-state index in [4.69, 9.17) is 14.5 Å². The second kappa shape index (κ2) is 12.3. The number of nitrogens with zero attached hydrogens (tertiary/aromatic N) is 3. The van der Waals surface area contributed by atoms with Gasteiger partial charge in [-0.15, -0.1) is 11.3 Å². The first-order valence-electron chi connectivity index (χ1n) is 14.4. The third kappa shape index (κ3) is 5.30. The third-order valence-corrected chi connectivity index (χ3v) is 9.80. The normalized spacial score (nSPS) is 14.7. The predicted molar refractivity (Wildman–Crippen MR) is 177 cm³/mol. The molecular formula is C35H31N3O5S2. The third-order valence-electron chi connectivity index (χ3n) is 7.89. The summed E-state index contributed by atoms with van der Waals surface area (Å²) in [6.07, 6.45) is 1.88. The molecule has 10 heteroatoms. The number of hydrogen-bond acceptors (Lipinski definition) is 8. The van der Waals surface area contributed by atoms with E-state index in [9.17, 15) is 14.4 Å². The van der Waals surface area contributed by atoms with Gasteiger partial charge in [0.25, 0.3) is 5.56 Å². The van der Waals surface area contributed by atoms with E-state index in [1.807, 2.05) is 92.9 Å². The molecule has 6 rings (SSSR count). The van der Waals surface area contributed by atoms with Crippen LogP contribution in [0.3, 0.4) is 0 Å². The van der Waals surface area contributed by atoms with Crippen molar-refractivity contribution in [2.75, 3.05) is 13.7 Å². The molecule has 0 aliphatic carbocycles. The molecule has 1 aliphatic heterocycles. The summed E-state index contributed by atoms with van der Waals surface area (Å²) in [5.74, 6) is -0.892. The van der Waals surface area contributed by atoms with Crippen molar-refractivity contribution >= 4 is 46.4 Å². The number of thiophene rings is 1. The van der Waals surface area contributed by atoms with Crippen LogP contribution in [-0.2, 0) is 14.3 Å². The Bertz CT molecular complexity index is 2150. The predicted octanol–water partition coefficient (Wildman–Crippen LogP) is 5.50. The first-order chi connectivity index (χ1) is 21.7. The Balaban J connectivity index is 1.56. The maximum absolute atomic E-state index is 14.2.